The van der Waals surface area contributed by atoms with Gasteiger partial charge in [0.1, 0.15) is 10.3 Å². The second-order valence-corrected chi connectivity index (χ2v) is 9.80. The third-order valence-corrected chi connectivity index (χ3v) is 7.62. The van der Waals surface area contributed by atoms with Crippen molar-refractivity contribution in [1.82, 2.24) is 9.80 Å². The molecule has 2 heterocycles. The van der Waals surface area contributed by atoms with Crippen LogP contribution in [0.15, 0.2) is 59.5 Å². The molecule has 30 heavy (non-hydrogen) atoms. The van der Waals surface area contributed by atoms with Gasteiger partial charge in [0.2, 0.25) is 0 Å². The van der Waals surface area contributed by atoms with Gasteiger partial charge in [-0.25, -0.2) is 0 Å². The molecule has 158 valence electrons. The Morgan fingerprint density at radius 2 is 1.77 bits per heavy atom. The molecule has 2 aliphatic rings. The lowest BCUT2D eigenvalue weighted by Gasteiger charge is -2.28. The first kappa shape index (κ1) is 21.3. The van der Waals surface area contributed by atoms with Crippen molar-refractivity contribution in [1.29, 1.82) is 0 Å². The fraction of sp³-hybridized carbons (Fsp3) is 0.375. The maximum absolute atomic E-state index is 13.4. The van der Waals surface area contributed by atoms with Crippen LogP contribution in [-0.4, -0.2) is 46.1 Å². The van der Waals surface area contributed by atoms with Gasteiger partial charge in [0.15, 0.2) is 0 Å². The minimum Gasteiger partial charge on any atom is -0.319 e. The maximum atomic E-state index is 13.4. The summed E-state index contributed by atoms with van der Waals surface area (Å²) >= 11 is 6.20. The van der Waals surface area contributed by atoms with Crippen LogP contribution in [-0.2, 0) is 15.6 Å². The standard InChI is InChI=1S/C24H27ClN2O2S/c25-21-12-7-11-20(18-21)24-27(16-8-15-26-13-5-2-6-14-26)23(28)22(30(24)29)17-19-9-3-1-4-10-19/h1,3-4,7,9-12,17-18,24H,2,5-6,8,13-16H2/b22-17-. The maximum Gasteiger partial charge on any atom is 0.264 e. The molecular weight excluding hydrogens is 416 g/mol. The second-order valence-electron chi connectivity index (χ2n) is 7.88. The van der Waals surface area contributed by atoms with Crippen LogP contribution in [0.25, 0.3) is 6.08 Å². The highest BCUT2D eigenvalue weighted by atomic mass is 35.5. The Hall–Kier alpha value is -1.95. The van der Waals surface area contributed by atoms with Gasteiger partial charge in [0, 0.05) is 11.6 Å². The van der Waals surface area contributed by atoms with E-state index in [9.17, 15) is 9.00 Å². The Morgan fingerprint density at radius 1 is 1.00 bits per heavy atom. The van der Waals surface area contributed by atoms with Crippen molar-refractivity contribution in [2.24, 2.45) is 0 Å². The topological polar surface area (TPSA) is 40.6 Å². The van der Waals surface area contributed by atoms with E-state index in [1.807, 2.05) is 48.5 Å². The van der Waals surface area contributed by atoms with Crippen molar-refractivity contribution >= 4 is 34.4 Å². The summed E-state index contributed by atoms with van der Waals surface area (Å²) in [4.78, 5) is 17.9. The van der Waals surface area contributed by atoms with E-state index in [1.165, 1.54) is 19.3 Å². The van der Waals surface area contributed by atoms with Crippen LogP contribution in [0, 0.1) is 0 Å². The number of likely N-dealkylation sites (tertiary alicyclic amines) is 1. The molecule has 1 amide bonds. The highest BCUT2D eigenvalue weighted by molar-refractivity contribution is 7.91. The lowest BCUT2D eigenvalue weighted by atomic mass is 10.1. The number of nitrogens with zero attached hydrogens (tertiary/aromatic N) is 2. The van der Waals surface area contributed by atoms with Crippen molar-refractivity contribution in [3.05, 3.63) is 75.7 Å². The van der Waals surface area contributed by atoms with E-state index in [0.717, 1.165) is 37.2 Å². The van der Waals surface area contributed by atoms with Crippen molar-refractivity contribution < 1.29 is 9.00 Å². The van der Waals surface area contributed by atoms with Crippen molar-refractivity contribution in [2.75, 3.05) is 26.2 Å². The van der Waals surface area contributed by atoms with Gasteiger partial charge in [-0.1, -0.05) is 60.5 Å². The number of rotatable bonds is 6. The Balaban J connectivity index is 1.58. The summed E-state index contributed by atoms with van der Waals surface area (Å²) in [7, 11) is -1.46. The molecular formula is C24H27ClN2O2S. The van der Waals surface area contributed by atoms with Crippen LogP contribution in [0.3, 0.4) is 0 Å². The highest BCUT2D eigenvalue weighted by Gasteiger charge is 2.42. The zero-order chi connectivity index (χ0) is 20.9. The molecule has 0 N–H and O–H groups in total. The molecule has 0 saturated carbocycles. The number of carbonyl (C=O) groups is 1. The minimum atomic E-state index is -1.46. The van der Waals surface area contributed by atoms with Crippen molar-refractivity contribution in [2.45, 2.75) is 31.1 Å². The zero-order valence-corrected chi connectivity index (χ0v) is 18.6. The van der Waals surface area contributed by atoms with E-state index in [-0.39, 0.29) is 5.91 Å². The number of hydrogen-bond acceptors (Lipinski definition) is 3. The summed E-state index contributed by atoms with van der Waals surface area (Å²) in [6.45, 7) is 3.83. The highest BCUT2D eigenvalue weighted by Crippen LogP contribution is 2.38. The predicted molar refractivity (Wildman–Crippen MR) is 123 cm³/mol. The molecule has 0 aromatic heterocycles. The number of carbonyl (C=O) groups excluding carboxylic acids is 1. The minimum absolute atomic E-state index is 0.138. The number of halogens is 1. The fourth-order valence-corrected chi connectivity index (χ4v) is 6.03. The molecule has 2 fully saturated rings. The third-order valence-electron chi connectivity index (χ3n) is 5.73. The third kappa shape index (κ3) is 4.85. The normalized spacial score (nSPS) is 24.0. The average molecular weight is 443 g/mol. The molecule has 2 aromatic rings. The Kier molecular flexibility index (Phi) is 7.03. The largest absolute Gasteiger partial charge is 0.319 e. The fourth-order valence-electron chi connectivity index (χ4n) is 4.22. The molecule has 0 radical (unpaired) electrons. The summed E-state index contributed by atoms with van der Waals surface area (Å²) in [6, 6.07) is 17.0. The van der Waals surface area contributed by atoms with Crippen LogP contribution in [0.5, 0.6) is 0 Å². The van der Waals surface area contributed by atoms with Crippen LogP contribution >= 0.6 is 11.6 Å². The summed E-state index contributed by atoms with van der Waals surface area (Å²) in [5.41, 5.74) is 1.71. The van der Waals surface area contributed by atoms with Gasteiger partial charge < -0.3 is 9.80 Å². The number of amides is 1. The van der Waals surface area contributed by atoms with Gasteiger partial charge in [-0.2, -0.15) is 0 Å². The Morgan fingerprint density at radius 3 is 2.50 bits per heavy atom. The Bertz CT molecular complexity index is 941. The quantitative estimate of drug-likeness (QED) is 0.600. The van der Waals surface area contributed by atoms with Gasteiger partial charge in [-0.15, -0.1) is 0 Å². The molecule has 2 aliphatic heterocycles. The van der Waals surface area contributed by atoms with Crippen molar-refractivity contribution in [3.8, 4) is 0 Å². The van der Waals surface area contributed by atoms with Gasteiger partial charge in [0.25, 0.3) is 5.91 Å². The van der Waals surface area contributed by atoms with Crippen LogP contribution < -0.4 is 0 Å². The van der Waals surface area contributed by atoms with E-state index in [0.29, 0.717) is 16.5 Å². The zero-order valence-electron chi connectivity index (χ0n) is 17.0. The Labute approximate surface area is 186 Å². The summed E-state index contributed by atoms with van der Waals surface area (Å²) in [5, 5.41) is 0.0956. The smallest absolute Gasteiger partial charge is 0.264 e. The molecule has 2 aromatic carbocycles. The number of hydrogen-bond donors (Lipinski definition) is 0. The second kappa shape index (κ2) is 9.90. The number of benzene rings is 2. The van der Waals surface area contributed by atoms with Gasteiger partial charge in [-0.3, -0.25) is 9.00 Å². The van der Waals surface area contributed by atoms with Gasteiger partial charge >= 0.3 is 0 Å². The van der Waals surface area contributed by atoms with Crippen LogP contribution in [0.4, 0.5) is 0 Å². The molecule has 2 unspecified atom stereocenters. The van der Waals surface area contributed by atoms with Gasteiger partial charge in [0.05, 0.1) is 10.8 Å². The molecule has 4 nitrogen and oxygen atoms in total. The van der Waals surface area contributed by atoms with Crippen molar-refractivity contribution in [3.63, 3.8) is 0 Å². The molecule has 2 saturated heterocycles. The van der Waals surface area contributed by atoms with Crippen LogP contribution in [0.2, 0.25) is 5.02 Å². The molecule has 2 atom stereocenters. The molecule has 0 spiro atoms. The van der Waals surface area contributed by atoms with Gasteiger partial charge in [-0.05, 0) is 68.2 Å². The molecule has 6 heteroatoms. The van der Waals surface area contributed by atoms with E-state index >= 15 is 0 Å². The lowest BCUT2D eigenvalue weighted by Crippen LogP contribution is -2.35. The van der Waals surface area contributed by atoms with Crippen LogP contribution in [0.1, 0.15) is 42.2 Å². The summed E-state index contributed by atoms with van der Waals surface area (Å²) < 4.78 is 13.4. The molecule has 0 bridgehead atoms. The number of piperidine rings is 1. The van der Waals surface area contributed by atoms with E-state index in [1.54, 1.807) is 17.0 Å². The average Bonchev–Trinajstić information content (AvgIpc) is 3.00. The first-order chi connectivity index (χ1) is 14.6. The monoisotopic (exact) mass is 442 g/mol. The summed E-state index contributed by atoms with van der Waals surface area (Å²) in [5.74, 6) is -0.138. The van der Waals surface area contributed by atoms with E-state index in [4.69, 9.17) is 11.6 Å². The molecule has 0 aliphatic carbocycles. The summed E-state index contributed by atoms with van der Waals surface area (Å²) in [6.07, 6.45) is 6.45. The first-order valence-corrected chi connectivity index (χ1v) is 12.2. The predicted octanol–water partition coefficient (Wildman–Crippen LogP) is 4.85. The molecule has 4 rings (SSSR count). The SMILES string of the molecule is O=C1/C(=C/c2ccccc2)S(=O)C(c2cccc(Cl)c2)N1CCCN1CCCCC1. The lowest BCUT2D eigenvalue weighted by molar-refractivity contribution is -0.126. The van der Waals surface area contributed by atoms with E-state index in [2.05, 4.69) is 4.90 Å². The first-order valence-electron chi connectivity index (χ1n) is 10.6. The van der Waals surface area contributed by atoms with E-state index < -0.39 is 16.2 Å².